The van der Waals surface area contributed by atoms with Crippen molar-refractivity contribution in [2.24, 2.45) is 0 Å². The molecule has 0 radical (unpaired) electrons. The molecule has 0 unspecified atom stereocenters. The molecule has 1 aromatic carbocycles. The van der Waals surface area contributed by atoms with E-state index in [1.54, 1.807) is 11.8 Å². The maximum Gasteiger partial charge on any atom is 0.221 e. The van der Waals surface area contributed by atoms with Gasteiger partial charge in [0.15, 0.2) is 0 Å². The summed E-state index contributed by atoms with van der Waals surface area (Å²) in [6, 6.07) is 10.8. The summed E-state index contributed by atoms with van der Waals surface area (Å²) in [5.74, 6) is 1.64. The minimum atomic E-state index is 0.192. The van der Waals surface area contributed by atoms with Gasteiger partial charge in [-0.3, -0.25) is 4.79 Å². The summed E-state index contributed by atoms with van der Waals surface area (Å²) in [4.78, 5) is 11.5. The number of hydrogen-bond donors (Lipinski definition) is 1. The lowest BCUT2D eigenvalue weighted by Crippen LogP contribution is -2.26. The fourth-order valence-corrected chi connectivity index (χ4v) is 2.29. The van der Waals surface area contributed by atoms with Crippen LogP contribution in [0.2, 0.25) is 0 Å². The largest absolute Gasteiger partial charge is 0.353 e. The minimum Gasteiger partial charge on any atom is -0.353 e. The third-order valence-electron chi connectivity index (χ3n) is 2.90. The molecule has 0 aliphatic heterocycles. The van der Waals surface area contributed by atoms with E-state index >= 15 is 0 Å². The summed E-state index contributed by atoms with van der Waals surface area (Å²) in [6.45, 7) is 0. The Hall–Kier alpha value is -0.960. The number of benzene rings is 1. The third kappa shape index (κ3) is 3.01. The van der Waals surface area contributed by atoms with Gasteiger partial charge < -0.3 is 5.32 Å². The molecule has 1 aromatic rings. The smallest absolute Gasteiger partial charge is 0.221 e. The van der Waals surface area contributed by atoms with Gasteiger partial charge in [0.05, 0.1) is 0 Å². The molecule has 2 nitrogen and oxygen atoms in total. The Morgan fingerprint density at radius 1 is 1.44 bits per heavy atom. The Kier molecular flexibility index (Phi) is 3.88. The SMILES string of the molecule is CSCCC(=O)N[C@H]1C[C@H]1c1ccccc1. The first kappa shape index (κ1) is 11.5. The standard InChI is InChI=1S/C13H17NOS/c1-16-8-7-13(15)14-12-9-11(12)10-5-3-2-4-6-10/h2-6,11-12H,7-9H2,1H3,(H,14,15)/t11-,12-/m0/s1. The second-order valence-corrected chi connectivity index (χ2v) is 5.16. The minimum absolute atomic E-state index is 0.192. The fraction of sp³-hybridized carbons (Fsp3) is 0.462. The molecule has 0 saturated heterocycles. The van der Waals surface area contributed by atoms with E-state index in [9.17, 15) is 4.79 Å². The molecule has 86 valence electrons. The molecule has 1 N–H and O–H groups in total. The van der Waals surface area contributed by atoms with Crippen molar-refractivity contribution in [3.8, 4) is 0 Å². The van der Waals surface area contributed by atoms with Gasteiger partial charge in [-0.2, -0.15) is 11.8 Å². The summed E-state index contributed by atoms with van der Waals surface area (Å²) in [5, 5.41) is 3.08. The Morgan fingerprint density at radius 3 is 2.88 bits per heavy atom. The van der Waals surface area contributed by atoms with Crippen molar-refractivity contribution in [2.75, 3.05) is 12.0 Å². The van der Waals surface area contributed by atoms with Gasteiger partial charge in [-0.05, 0) is 18.2 Å². The lowest BCUT2D eigenvalue weighted by atomic mass is 10.1. The zero-order valence-electron chi connectivity index (χ0n) is 9.48. The Labute approximate surface area is 101 Å². The molecule has 0 aromatic heterocycles. The Balaban J connectivity index is 1.77. The molecule has 0 heterocycles. The van der Waals surface area contributed by atoms with Crippen molar-refractivity contribution in [1.82, 2.24) is 5.32 Å². The van der Waals surface area contributed by atoms with Gasteiger partial charge >= 0.3 is 0 Å². The monoisotopic (exact) mass is 235 g/mol. The highest BCUT2D eigenvalue weighted by atomic mass is 32.2. The van der Waals surface area contributed by atoms with Crippen molar-refractivity contribution < 1.29 is 4.79 Å². The van der Waals surface area contributed by atoms with Crippen LogP contribution in [0.4, 0.5) is 0 Å². The first-order chi connectivity index (χ1) is 7.81. The second kappa shape index (κ2) is 5.39. The highest BCUT2D eigenvalue weighted by molar-refractivity contribution is 7.98. The topological polar surface area (TPSA) is 29.1 Å². The van der Waals surface area contributed by atoms with Crippen LogP contribution in [-0.4, -0.2) is 24.0 Å². The van der Waals surface area contributed by atoms with Gasteiger partial charge in [-0.1, -0.05) is 30.3 Å². The predicted molar refractivity (Wildman–Crippen MR) is 68.7 cm³/mol. The van der Waals surface area contributed by atoms with Gasteiger partial charge in [-0.25, -0.2) is 0 Å². The number of rotatable bonds is 5. The highest BCUT2D eigenvalue weighted by Gasteiger charge is 2.38. The van der Waals surface area contributed by atoms with E-state index in [1.807, 2.05) is 12.3 Å². The number of nitrogens with one attached hydrogen (secondary N) is 1. The van der Waals surface area contributed by atoms with Crippen LogP contribution >= 0.6 is 11.8 Å². The van der Waals surface area contributed by atoms with Crippen LogP contribution in [0.3, 0.4) is 0 Å². The van der Waals surface area contributed by atoms with Crippen LogP contribution in [-0.2, 0) is 4.79 Å². The summed E-state index contributed by atoms with van der Waals surface area (Å²) >= 11 is 1.71. The van der Waals surface area contributed by atoms with Crippen LogP contribution in [0.5, 0.6) is 0 Å². The third-order valence-corrected chi connectivity index (χ3v) is 3.51. The normalized spacial score (nSPS) is 22.8. The highest BCUT2D eigenvalue weighted by Crippen LogP contribution is 2.40. The van der Waals surface area contributed by atoms with Gasteiger partial charge in [0.25, 0.3) is 0 Å². The van der Waals surface area contributed by atoms with E-state index in [-0.39, 0.29) is 5.91 Å². The molecule has 1 saturated carbocycles. The molecule has 1 aliphatic carbocycles. The average molecular weight is 235 g/mol. The van der Waals surface area contributed by atoms with E-state index in [0.717, 1.165) is 12.2 Å². The van der Waals surface area contributed by atoms with E-state index in [2.05, 4.69) is 29.6 Å². The van der Waals surface area contributed by atoms with Crippen molar-refractivity contribution >= 4 is 17.7 Å². The van der Waals surface area contributed by atoms with E-state index in [0.29, 0.717) is 18.4 Å². The zero-order valence-corrected chi connectivity index (χ0v) is 10.3. The second-order valence-electron chi connectivity index (χ2n) is 4.17. The van der Waals surface area contributed by atoms with Crippen LogP contribution in [0.15, 0.2) is 30.3 Å². The maximum atomic E-state index is 11.5. The molecule has 2 atom stereocenters. The van der Waals surface area contributed by atoms with Crippen molar-refractivity contribution in [3.63, 3.8) is 0 Å². The number of amides is 1. The van der Waals surface area contributed by atoms with Crippen molar-refractivity contribution in [1.29, 1.82) is 0 Å². The molecule has 1 aliphatic rings. The quantitative estimate of drug-likeness (QED) is 0.849. The number of hydrogen-bond acceptors (Lipinski definition) is 2. The first-order valence-corrected chi connectivity index (χ1v) is 7.04. The zero-order chi connectivity index (χ0) is 11.4. The Morgan fingerprint density at radius 2 is 2.19 bits per heavy atom. The van der Waals surface area contributed by atoms with E-state index in [1.165, 1.54) is 5.56 Å². The summed E-state index contributed by atoms with van der Waals surface area (Å²) in [7, 11) is 0. The van der Waals surface area contributed by atoms with Gasteiger partial charge in [0, 0.05) is 24.1 Å². The molecule has 3 heteroatoms. The number of thioether (sulfide) groups is 1. The molecule has 16 heavy (non-hydrogen) atoms. The Bertz CT molecular complexity index is 352. The van der Waals surface area contributed by atoms with Crippen LogP contribution in [0.1, 0.15) is 24.3 Å². The van der Waals surface area contributed by atoms with Crippen LogP contribution in [0, 0.1) is 0 Å². The first-order valence-electron chi connectivity index (χ1n) is 5.64. The molecule has 2 rings (SSSR count). The molecule has 0 spiro atoms. The molecule has 0 bridgehead atoms. The summed E-state index contributed by atoms with van der Waals surface area (Å²) in [5.41, 5.74) is 1.35. The van der Waals surface area contributed by atoms with Gasteiger partial charge in [0.1, 0.15) is 0 Å². The lowest BCUT2D eigenvalue weighted by Gasteiger charge is -2.03. The van der Waals surface area contributed by atoms with Crippen molar-refractivity contribution in [3.05, 3.63) is 35.9 Å². The van der Waals surface area contributed by atoms with Gasteiger partial charge in [0.2, 0.25) is 5.91 Å². The van der Waals surface area contributed by atoms with Crippen molar-refractivity contribution in [2.45, 2.75) is 24.8 Å². The predicted octanol–water partition coefficient (Wildman–Crippen LogP) is 2.41. The van der Waals surface area contributed by atoms with Crippen LogP contribution < -0.4 is 5.32 Å². The van der Waals surface area contributed by atoms with E-state index < -0.39 is 0 Å². The summed E-state index contributed by atoms with van der Waals surface area (Å²) < 4.78 is 0. The fourth-order valence-electron chi connectivity index (χ4n) is 1.90. The molecular formula is C13H17NOS. The maximum absolute atomic E-state index is 11.5. The lowest BCUT2D eigenvalue weighted by molar-refractivity contribution is -0.120. The van der Waals surface area contributed by atoms with Crippen LogP contribution in [0.25, 0.3) is 0 Å². The van der Waals surface area contributed by atoms with Gasteiger partial charge in [-0.15, -0.1) is 0 Å². The molecule has 1 fully saturated rings. The number of carbonyl (C=O) groups is 1. The average Bonchev–Trinajstić information content (AvgIpc) is 3.07. The van der Waals surface area contributed by atoms with E-state index in [4.69, 9.17) is 0 Å². The summed E-state index contributed by atoms with van der Waals surface area (Å²) in [6.07, 6.45) is 3.76. The molecule has 1 amide bonds. The number of carbonyl (C=O) groups excluding carboxylic acids is 1. The molecular weight excluding hydrogens is 218 g/mol.